The number of amides is 1. The van der Waals surface area contributed by atoms with Crippen LogP contribution in [0.3, 0.4) is 0 Å². The zero-order valence-corrected chi connectivity index (χ0v) is 12.5. The molecule has 0 bridgehead atoms. The number of carboxylic acid groups (broad SMARTS) is 1. The predicted octanol–water partition coefficient (Wildman–Crippen LogP) is 2.83. The average Bonchev–Trinajstić information content (AvgIpc) is 2.86. The summed E-state index contributed by atoms with van der Waals surface area (Å²) in [7, 11) is 0. The zero-order valence-electron chi connectivity index (χ0n) is 10.9. The number of nitrogens with one attached hydrogen (secondary N) is 1. The molecule has 2 atom stereocenters. The minimum Gasteiger partial charge on any atom is -0.481 e. The van der Waals surface area contributed by atoms with Crippen LogP contribution in [-0.2, 0) is 9.59 Å². The molecule has 2 unspecified atom stereocenters. The van der Waals surface area contributed by atoms with Crippen LogP contribution in [0.4, 0.5) is 0 Å². The monoisotopic (exact) mass is 337 g/mol. The van der Waals surface area contributed by atoms with Crippen molar-refractivity contribution in [3.05, 3.63) is 40.4 Å². The highest BCUT2D eigenvalue weighted by Crippen LogP contribution is 2.25. The molecule has 1 fully saturated rings. The summed E-state index contributed by atoms with van der Waals surface area (Å²) in [5, 5.41) is 11.8. The van der Waals surface area contributed by atoms with E-state index in [-0.39, 0.29) is 11.9 Å². The fourth-order valence-corrected chi connectivity index (χ4v) is 2.85. The van der Waals surface area contributed by atoms with Crippen molar-refractivity contribution >= 4 is 33.9 Å². The second-order valence-electron chi connectivity index (χ2n) is 4.85. The first-order valence-electron chi connectivity index (χ1n) is 6.54. The van der Waals surface area contributed by atoms with E-state index >= 15 is 0 Å². The van der Waals surface area contributed by atoms with E-state index in [1.54, 1.807) is 6.08 Å². The van der Waals surface area contributed by atoms with Crippen molar-refractivity contribution in [2.24, 2.45) is 5.92 Å². The average molecular weight is 338 g/mol. The molecule has 0 spiro atoms. The minimum absolute atomic E-state index is 0.251. The Bertz CT molecular complexity index is 542. The van der Waals surface area contributed by atoms with Gasteiger partial charge in [0, 0.05) is 16.6 Å². The molecule has 106 valence electrons. The summed E-state index contributed by atoms with van der Waals surface area (Å²) in [5.41, 5.74) is 0.906. The number of hydrogen-bond acceptors (Lipinski definition) is 2. The van der Waals surface area contributed by atoms with Crippen molar-refractivity contribution in [3.8, 4) is 0 Å². The van der Waals surface area contributed by atoms with E-state index < -0.39 is 11.9 Å². The van der Waals surface area contributed by atoms with E-state index in [9.17, 15) is 9.59 Å². The van der Waals surface area contributed by atoms with Crippen molar-refractivity contribution in [3.63, 3.8) is 0 Å². The van der Waals surface area contributed by atoms with Crippen molar-refractivity contribution in [2.75, 3.05) is 0 Å². The normalized spacial score (nSPS) is 22.1. The van der Waals surface area contributed by atoms with Gasteiger partial charge in [-0.3, -0.25) is 9.59 Å². The van der Waals surface area contributed by atoms with Gasteiger partial charge >= 0.3 is 5.97 Å². The molecule has 1 aromatic rings. The molecule has 20 heavy (non-hydrogen) atoms. The van der Waals surface area contributed by atoms with Gasteiger partial charge in [0.15, 0.2) is 0 Å². The number of aliphatic carboxylic acids is 1. The summed E-state index contributed by atoms with van der Waals surface area (Å²) < 4.78 is 0.910. The second-order valence-corrected chi connectivity index (χ2v) is 5.70. The molecule has 0 radical (unpaired) electrons. The number of benzene rings is 1. The Kier molecular flexibility index (Phi) is 4.95. The highest BCUT2D eigenvalue weighted by Gasteiger charge is 2.33. The molecule has 2 N–H and O–H groups in total. The third-order valence-electron chi connectivity index (χ3n) is 3.48. The highest BCUT2D eigenvalue weighted by atomic mass is 79.9. The summed E-state index contributed by atoms with van der Waals surface area (Å²) in [4.78, 5) is 22.9. The van der Waals surface area contributed by atoms with Crippen LogP contribution in [0.15, 0.2) is 34.8 Å². The van der Waals surface area contributed by atoms with Gasteiger partial charge in [0.25, 0.3) is 0 Å². The summed E-state index contributed by atoms with van der Waals surface area (Å²) in [6.45, 7) is 0. The van der Waals surface area contributed by atoms with Gasteiger partial charge in [0.2, 0.25) is 5.91 Å². The number of halogens is 1. The molecule has 0 heterocycles. The lowest BCUT2D eigenvalue weighted by atomic mass is 10.0. The van der Waals surface area contributed by atoms with Crippen LogP contribution in [-0.4, -0.2) is 23.0 Å². The zero-order chi connectivity index (χ0) is 14.5. The first kappa shape index (κ1) is 14.8. The van der Waals surface area contributed by atoms with Crippen LogP contribution in [0.5, 0.6) is 0 Å². The molecule has 0 saturated heterocycles. The van der Waals surface area contributed by atoms with Gasteiger partial charge in [-0.1, -0.05) is 40.5 Å². The molecular weight excluding hydrogens is 322 g/mol. The Morgan fingerprint density at radius 3 is 2.75 bits per heavy atom. The van der Waals surface area contributed by atoms with E-state index in [0.29, 0.717) is 6.42 Å². The smallest absolute Gasteiger partial charge is 0.308 e. The van der Waals surface area contributed by atoms with Crippen LogP contribution in [0.2, 0.25) is 0 Å². The maximum atomic E-state index is 11.8. The van der Waals surface area contributed by atoms with Crippen molar-refractivity contribution in [1.29, 1.82) is 0 Å². The van der Waals surface area contributed by atoms with Crippen molar-refractivity contribution in [1.82, 2.24) is 5.32 Å². The largest absolute Gasteiger partial charge is 0.481 e. The Morgan fingerprint density at radius 2 is 2.05 bits per heavy atom. The quantitative estimate of drug-likeness (QED) is 0.830. The predicted molar refractivity (Wildman–Crippen MR) is 80.1 cm³/mol. The lowest BCUT2D eigenvalue weighted by molar-refractivity contribution is -0.142. The maximum absolute atomic E-state index is 11.8. The molecule has 4 nitrogen and oxygen atoms in total. The SMILES string of the molecule is O=C(C=Cc1ccccc1Br)NC1CCCC1C(=O)O. The third kappa shape index (κ3) is 3.70. The Labute approximate surface area is 126 Å². The maximum Gasteiger partial charge on any atom is 0.308 e. The summed E-state index contributed by atoms with van der Waals surface area (Å²) in [6.07, 6.45) is 5.36. The Hall–Kier alpha value is -1.62. The van der Waals surface area contributed by atoms with Gasteiger partial charge in [0.05, 0.1) is 5.92 Å². The van der Waals surface area contributed by atoms with E-state index in [1.165, 1.54) is 6.08 Å². The van der Waals surface area contributed by atoms with E-state index in [0.717, 1.165) is 22.9 Å². The third-order valence-corrected chi connectivity index (χ3v) is 4.20. The highest BCUT2D eigenvalue weighted by molar-refractivity contribution is 9.10. The van der Waals surface area contributed by atoms with Crippen molar-refractivity contribution in [2.45, 2.75) is 25.3 Å². The second kappa shape index (κ2) is 6.70. The molecule has 0 aliphatic heterocycles. The molecule has 1 aliphatic rings. The molecular formula is C15H16BrNO3. The van der Waals surface area contributed by atoms with E-state index in [2.05, 4.69) is 21.2 Å². The lowest BCUT2D eigenvalue weighted by Crippen LogP contribution is -2.39. The van der Waals surface area contributed by atoms with Crippen LogP contribution < -0.4 is 5.32 Å². The molecule has 5 heteroatoms. The standard InChI is InChI=1S/C15H16BrNO3/c16-12-6-2-1-4-10(12)8-9-14(18)17-13-7-3-5-11(13)15(19)20/h1-2,4,6,8-9,11,13H,3,5,7H2,(H,17,18)(H,19,20). The van der Waals surface area contributed by atoms with E-state index in [1.807, 2.05) is 24.3 Å². The fourth-order valence-electron chi connectivity index (χ4n) is 2.43. The lowest BCUT2D eigenvalue weighted by Gasteiger charge is -2.16. The van der Waals surface area contributed by atoms with E-state index in [4.69, 9.17) is 5.11 Å². The van der Waals surface area contributed by atoms with Gasteiger partial charge in [0.1, 0.15) is 0 Å². The number of hydrogen-bond donors (Lipinski definition) is 2. The topological polar surface area (TPSA) is 66.4 Å². The Balaban J connectivity index is 1.96. The van der Waals surface area contributed by atoms with Gasteiger partial charge in [-0.2, -0.15) is 0 Å². The number of carboxylic acids is 1. The fraction of sp³-hybridized carbons (Fsp3) is 0.333. The Morgan fingerprint density at radius 1 is 1.30 bits per heavy atom. The minimum atomic E-state index is -0.831. The molecule has 1 saturated carbocycles. The number of carbonyl (C=O) groups excluding carboxylic acids is 1. The van der Waals surface area contributed by atoms with Crippen LogP contribution >= 0.6 is 15.9 Å². The van der Waals surface area contributed by atoms with Gasteiger partial charge < -0.3 is 10.4 Å². The molecule has 1 aromatic carbocycles. The summed E-state index contributed by atoms with van der Waals surface area (Å²) in [5.74, 6) is -1.54. The molecule has 1 amide bonds. The number of carbonyl (C=O) groups is 2. The summed E-state index contributed by atoms with van der Waals surface area (Å²) >= 11 is 3.40. The molecule has 2 rings (SSSR count). The summed E-state index contributed by atoms with van der Waals surface area (Å²) in [6, 6.07) is 7.32. The van der Waals surface area contributed by atoms with Crippen molar-refractivity contribution < 1.29 is 14.7 Å². The van der Waals surface area contributed by atoms with Crippen LogP contribution in [0.25, 0.3) is 6.08 Å². The van der Waals surface area contributed by atoms with Gasteiger partial charge in [-0.05, 0) is 30.5 Å². The first-order chi connectivity index (χ1) is 9.58. The van der Waals surface area contributed by atoms with Gasteiger partial charge in [-0.25, -0.2) is 0 Å². The first-order valence-corrected chi connectivity index (χ1v) is 7.33. The number of rotatable bonds is 4. The van der Waals surface area contributed by atoms with Crippen LogP contribution in [0.1, 0.15) is 24.8 Å². The van der Waals surface area contributed by atoms with Crippen LogP contribution in [0, 0.1) is 5.92 Å². The van der Waals surface area contributed by atoms with Gasteiger partial charge in [-0.15, -0.1) is 0 Å². The molecule has 0 aromatic heterocycles. The molecule has 1 aliphatic carbocycles.